The number of hydrogen-bond donors (Lipinski definition) is 0. The highest BCUT2D eigenvalue weighted by Gasteiger charge is 2.05. The first-order valence-electron chi connectivity index (χ1n) is 4.50. The number of nitrogens with zero attached hydrogens (tertiary/aromatic N) is 1. The van der Waals surface area contributed by atoms with E-state index in [9.17, 15) is 4.79 Å². The van der Waals surface area contributed by atoms with Gasteiger partial charge in [-0.05, 0) is 25.1 Å². The molecule has 1 aromatic heterocycles. The van der Waals surface area contributed by atoms with Crippen molar-refractivity contribution in [2.75, 3.05) is 0 Å². The highest BCUT2D eigenvalue weighted by atomic mass is 35.5. The Morgan fingerprint density at radius 1 is 1.12 bits per heavy atom. The molecule has 0 unspecified atom stereocenters. The summed E-state index contributed by atoms with van der Waals surface area (Å²) in [6.07, 6.45) is 0. The lowest BCUT2D eigenvalue weighted by Gasteiger charge is -2.02. The first kappa shape index (κ1) is 11.6. The lowest BCUT2D eigenvalue weighted by atomic mass is 10.2. The summed E-state index contributed by atoms with van der Waals surface area (Å²) in [6.45, 7) is 1.86. The molecule has 0 saturated heterocycles. The maximum atomic E-state index is 11.3. The predicted molar refractivity (Wildman–Crippen MR) is 68.6 cm³/mol. The average Bonchev–Trinajstić information content (AvgIpc) is 2.14. The van der Waals surface area contributed by atoms with Crippen LogP contribution >= 0.6 is 34.5 Å². The molecule has 0 aliphatic heterocycles. The molecule has 2 rings (SSSR count). The molecule has 0 fully saturated rings. The fraction of sp³-hybridized carbons (Fsp3) is 0.0909. The van der Waals surface area contributed by atoms with Gasteiger partial charge in [-0.3, -0.25) is 4.79 Å². The number of aromatic nitrogens is 1. The van der Waals surface area contributed by atoms with Gasteiger partial charge in [-0.1, -0.05) is 23.2 Å². The van der Waals surface area contributed by atoms with E-state index in [1.807, 2.05) is 6.92 Å². The third kappa shape index (κ3) is 2.61. The molecule has 0 aliphatic rings. The van der Waals surface area contributed by atoms with E-state index in [-0.39, 0.29) is 5.56 Å². The first-order valence-corrected chi connectivity index (χ1v) is 6.07. The van der Waals surface area contributed by atoms with Crippen LogP contribution in [0.3, 0.4) is 0 Å². The van der Waals surface area contributed by atoms with Gasteiger partial charge in [0.1, 0.15) is 5.01 Å². The summed E-state index contributed by atoms with van der Waals surface area (Å²) in [5, 5.41) is 1.70. The molecule has 0 bridgehead atoms. The zero-order valence-electron chi connectivity index (χ0n) is 8.33. The Bertz CT molecular complexity index is 575. The Morgan fingerprint density at radius 2 is 1.75 bits per heavy atom. The number of benzene rings is 1. The van der Waals surface area contributed by atoms with Crippen molar-refractivity contribution in [2.24, 2.45) is 0 Å². The molecular formula is C11H7Cl2NOS. The molecule has 0 radical (unpaired) electrons. The molecular weight excluding hydrogens is 265 g/mol. The molecule has 0 atom stereocenters. The van der Waals surface area contributed by atoms with Gasteiger partial charge in [-0.25, -0.2) is 0 Å². The molecule has 2 aromatic rings. The van der Waals surface area contributed by atoms with Crippen LogP contribution in [0.2, 0.25) is 10.0 Å². The molecule has 82 valence electrons. The maximum Gasteiger partial charge on any atom is 0.272 e. The fourth-order valence-corrected chi connectivity index (χ4v) is 2.67. The number of halogens is 2. The SMILES string of the molecule is Cc1cc(=O)nc(-c2cc(Cl)cc(Cl)c2)s1. The molecule has 0 aliphatic carbocycles. The second-order valence-corrected chi connectivity index (χ2v) is 5.38. The number of hydrogen-bond acceptors (Lipinski definition) is 3. The van der Waals surface area contributed by atoms with E-state index in [2.05, 4.69) is 4.98 Å². The van der Waals surface area contributed by atoms with Gasteiger partial charge >= 0.3 is 0 Å². The maximum absolute atomic E-state index is 11.3. The van der Waals surface area contributed by atoms with Crippen LogP contribution < -0.4 is 5.56 Å². The van der Waals surface area contributed by atoms with E-state index >= 15 is 0 Å². The molecule has 0 amide bonds. The van der Waals surface area contributed by atoms with E-state index in [0.29, 0.717) is 15.1 Å². The normalized spacial score (nSPS) is 10.4. The Morgan fingerprint density at radius 3 is 2.31 bits per heavy atom. The second kappa shape index (κ2) is 4.53. The summed E-state index contributed by atoms with van der Waals surface area (Å²) in [4.78, 5) is 16.1. The van der Waals surface area contributed by atoms with Crippen molar-refractivity contribution in [1.82, 2.24) is 4.98 Å². The molecule has 2 nitrogen and oxygen atoms in total. The lowest BCUT2D eigenvalue weighted by molar-refractivity contribution is 1.27. The largest absolute Gasteiger partial charge is 0.272 e. The minimum Gasteiger partial charge on any atom is -0.267 e. The third-order valence-corrected chi connectivity index (χ3v) is 3.30. The average molecular weight is 272 g/mol. The predicted octanol–water partition coefficient (Wildman–Crippen LogP) is 3.79. The summed E-state index contributed by atoms with van der Waals surface area (Å²) in [5.41, 5.74) is 0.519. The summed E-state index contributed by atoms with van der Waals surface area (Å²) in [7, 11) is 0. The highest BCUT2D eigenvalue weighted by molar-refractivity contribution is 7.14. The van der Waals surface area contributed by atoms with Crippen molar-refractivity contribution in [3.63, 3.8) is 0 Å². The molecule has 0 saturated carbocycles. The van der Waals surface area contributed by atoms with Crippen LogP contribution in [0, 0.1) is 6.92 Å². The van der Waals surface area contributed by atoms with Crippen LogP contribution in [0.25, 0.3) is 10.6 Å². The van der Waals surface area contributed by atoms with Gasteiger partial charge in [-0.15, -0.1) is 11.3 Å². The van der Waals surface area contributed by atoms with Crippen molar-refractivity contribution < 1.29 is 0 Å². The van der Waals surface area contributed by atoms with Crippen LogP contribution in [-0.4, -0.2) is 4.98 Å². The molecule has 16 heavy (non-hydrogen) atoms. The minimum absolute atomic E-state index is 0.248. The Hall–Kier alpha value is -0.900. The molecule has 0 N–H and O–H groups in total. The fourth-order valence-electron chi connectivity index (χ4n) is 1.31. The summed E-state index contributed by atoms with van der Waals surface area (Å²) >= 11 is 13.2. The van der Waals surface area contributed by atoms with Gasteiger partial charge in [0.05, 0.1) is 0 Å². The van der Waals surface area contributed by atoms with Crippen LogP contribution in [0.4, 0.5) is 0 Å². The Balaban J connectivity index is 2.62. The van der Waals surface area contributed by atoms with E-state index in [0.717, 1.165) is 10.4 Å². The van der Waals surface area contributed by atoms with Crippen LogP contribution in [0.1, 0.15) is 4.88 Å². The zero-order chi connectivity index (χ0) is 11.7. The van der Waals surface area contributed by atoms with Crippen LogP contribution in [0.15, 0.2) is 29.1 Å². The highest BCUT2D eigenvalue weighted by Crippen LogP contribution is 2.28. The Labute approximate surface area is 106 Å². The zero-order valence-corrected chi connectivity index (χ0v) is 10.7. The van der Waals surface area contributed by atoms with Crippen molar-refractivity contribution >= 4 is 34.5 Å². The topological polar surface area (TPSA) is 30.0 Å². The van der Waals surface area contributed by atoms with E-state index in [4.69, 9.17) is 23.2 Å². The smallest absolute Gasteiger partial charge is 0.267 e. The summed E-state index contributed by atoms with van der Waals surface area (Å²) in [5.74, 6) is 0. The number of rotatable bonds is 1. The van der Waals surface area contributed by atoms with Gasteiger partial charge in [0.25, 0.3) is 5.56 Å². The van der Waals surface area contributed by atoms with E-state index < -0.39 is 0 Å². The minimum atomic E-state index is -0.248. The van der Waals surface area contributed by atoms with Crippen molar-refractivity contribution in [3.8, 4) is 10.6 Å². The lowest BCUT2D eigenvalue weighted by Crippen LogP contribution is -2.03. The molecule has 1 aromatic carbocycles. The standard InChI is InChI=1S/C11H7Cl2NOS/c1-6-2-10(15)14-11(16-6)7-3-8(12)5-9(13)4-7/h2-5H,1H3. The number of aryl methyl sites for hydroxylation is 1. The van der Waals surface area contributed by atoms with Crippen LogP contribution in [-0.2, 0) is 0 Å². The van der Waals surface area contributed by atoms with E-state index in [1.54, 1.807) is 18.2 Å². The van der Waals surface area contributed by atoms with Gasteiger partial charge in [-0.2, -0.15) is 4.98 Å². The monoisotopic (exact) mass is 271 g/mol. The quantitative estimate of drug-likeness (QED) is 0.790. The third-order valence-electron chi connectivity index (χ3n) is 1.91. The van der Waals surface area contributed by atoms with Crippen molar-refractivity contribution in [1.29, 1.82) is 0 Å². The van der Waals surface area contributed by atoms with Gasteiger partial charge in [0.15, 0.2) is 0 Å². The second-order valence-electron chi connectivity index (χ2n) is 3.27. The molecule has 0 spiro atoms. The summed E-state index contributed by atoms with van der Waals surface area (Å²) in [6, 6.07) is 6.63. The summed E-state index contributed by atoms with van der Waals surface area (Å²) < 4.78 is 0. The van der Waals surface area contributed by atoms with Crippen molar-refractivity contribution in [2.45, 2.75) is 6.92 Å². The first-order chi connectivity index (χ1) is 7.54. The van der Waals surface area contributed by atoms with E-state index in [1.165, 1.54) is 17.4 Å². The molecule has 5 heteroatoms. The molecule has 1 heterocycles. The Kier molecular flexibility index (Phi) is 3.28. The van der Waals surface area contributed by atoms with Crippen LogP contribution in [0.5, 0.6) is 0 Å². The van der Waals surface area contributed by atoms with Gasteiger partial charge in [0.2, 0.25) is 0 Å². The van der Waals surface area contributed by atoms with Crippen molar-refractivity contribution in [3.05, 3.63) is 49.5 Å². The van der Waals surface area contributed by atoms with Gasteiger partial charge in [0, 0.05) is 26.6 Å². The van der Waals surface area contributed by atoms with Gasteiger partial charge < -0.3 is 0 Å².